The predicted octanol–water partition coefficient (Wildman–Crippen LogP) is 4.56. The summed E-state index contributed by atoms with van der Waals surface area (Å²) in [5, 5.41) is 6.27. The number of pyridine rings is 1. The van der Waals surface area contributed by atoms with E-state index >= 15 is 0 Å². The highest BCUT2D eigenvalue weighted by Crippen LogP contribution is 2.30. The number of hydrogen-bond acceptors (Lipinski definition) is 5. The third kappa shape index (κ3) is 5.30. The summed E-state index contributed by atoms with van der Waals surface area (Å²) in [5.74, 6) is 0.134. The van der Waals surface area contributed by atoms with Crippen LogP contribution in [0.15, 0.2) is 47.5 Å². The van der Waals surface area contributed by atoms with E-state index in [-0.39, 0.29) is 39.1 Å². The number of halogens is 4. The first kappa shape index (κ1) is 24.3. The van der Waals surface area contributed by atoms with Crippen LogP contribution in [0.1, 0.15) is 41.7 Å². The molecule has 0 unspecified atom stereocenters. The maximum atomic E-state index is 13.0. The average molecular weight is 515 g/mol. The zero-order valence-corrected chi connectivity index (χ0v) is 19.6. The van der Waals surface area contributed by atoms with Crippen LogP contribution < -0.4 is 10.6 Å². The SMILES string of the molecule is CS(=O)(=O)c1ccc(C(=O)NC2CCC(Nc3cccc4nc(C(F)(F)F)cn34)CC2)c(Cl)c1. The average Bonchev–Trinajstić information content (AvgIpc) is 3.20. The molecule has 0 spiro atoms. The van der Waals surface area contributed by atoms with Crippen LogP contribution in [-0.4, -0.2) is 42.0 Å². The monoisotopic (exact) mass is 514 g/mol. The number of fused-ring (bicyclic) bond motifs is 1. The molecule has 1 fully saturated rings. The quantitative estimate of drug-likeness (QED) is 0.520. The summed E-state index contributed by atoms with van der Waals surface area (Å²) < 4.78 is 63.7. The fourth-order valence-electron chi connectivity index (χ4n) is 4.03. The molecular weight excluding hydrogens is 493 g/mol. The molecule has 2 aromatic heterocycles. The normalized spacial score (nSPS) is 19.2. The van der Waals surface area contributed by atoms with E-state index in [1.54, 1.807) is 12.1 Å². The molecule has 1 aliphatic carbocycles. The number of nitrogens with zero attached hydrogens (tertiary/aromatic N) is 2. The van der Waals surface area contributed by atoms with Crippen molar-refractivity contribution in [3.05, 3.63) is 58.9 Å². The van der Waals surface area contributed by atoms with Gasteiger partial charge in [0, 0.05) is 24.5 Å². The van der Waals surface area contributed by atoms with Crippen molar-refractivity contribution < 1.29 is 26.4 Å². The van der Waals surface area contributed by atoms with Gasteiger partial charge in [-0.2, -0.15) is 13.2 Å². The van der Waals surface area contributed by atoms with E-state index in [0.717, 1.165) is 12.5 Å². The number of aromatic nitrogens is 2. The molecule has 1 aromatic carbocycles. The Hall–Kier alpha value is -2.79. The Morgan fingerprint density at radius 2 is 1.79 bits per heavy atom. The van der Waals surface area contributed by atoms with Gasteiger partial charge in [0.25, 0.3) is 5.91 Å². The molecule has 182 valence electrons. The maximum Gasteiger partial charge on any atom is 0.434 e. The van der Waals surface area contributed by atoms with E-state index in [1.165, 1.54) is 28.7 Å². The molecule has 0 saturated heterocycles. The molecule has 1 saturated carbocycles. The number of imidazole rings is 1. The smallest absolute Gasteiger partial charge is 0.368 e. The Kier molecular flexibility index (Phi) is 6.52. The highest BCUT2D eigenvalue weighted by molar-refractivity contribution is 7.90. The molecule has 12 heteroatoms. The van der Waals surface area contributed by atoms with Crippen LogP contribution in [0.2, 0.25) is 5.02 Å². The van der Waals surface area contributed by atoms with Crippen LogP contribution >= 0.6 is 11.6 Å². The second-order valence-corrected chi connectivity index (χ2v) is 10.8. The number of anilines is 1. The van der Waals surface area contributed by atoms with Gasteiger partial charge in [-0.1, -0.05) is 17.7 Å². The molecule has 0 atom stereocenters. The molecule has 2 heterocycles. The molecule has 3 aromatic rings. The summed E-state index contributed by atoms with van der Waals surface area (Å²) in [6, 6.07) is 8.78. The summed E-state index contributed by atoms with van der Waals surface area (Å²) in [6.45, 7) is 0. The van der Waals surface area contributed by atoms with Gasteiger partial charge in [-0.15, -0.1) is 0 Å². The highest BCUT2D eigenvalue weighted by Gasteiger charge is 2.34. The lowest BCUT2D eigenvalue weighted by atomic mass is 9.91. The van der Waals surface area contributed by atoms with Crippen molar-refractivity contribution in [3.8, 4) is 0 Å². The summed E-state index contributed by atoms with van der Waals surface area (Å²) in [6.07, 6.45) is 0.238. The Bertz CT molecular complexity index is 1330. The first-order valence-corrected chi connectivity index (χ1v) is 12.8. The Balaban J connectivity index is 1.37. The fourth-order valence-corrected chi connectivity index (χ4v) is 5.01. The molecular formula is C22H22ClF3N4O3S. The van der Waals surface area contributed by atoms with Crippen molar-refractivity contribution in [2.75, 3.05) is 11.6 Å². The lowest BCUT2D eigenvalue weighted by Gasteiger charge is -2.30. The Morgan fingerprint density at radius 3 is 2.41 bits per heavy atom. The van der Waals surface area contributed by atoms with Crippen molar-refractivity contribution in [2.45, 2.75) is 48.8 Å². The zero-order chi connectivity index (χ0) is 24.7. The summed E-state index contributed by atoms with van der Waals surface area (Å²) in [7, 11) is -3.43. The van der Waals surface area contributed by atoms with Gasteiger partial charge in [0.1, 0.15) is 11.5 Å². The fraction of sp³-hybridized carbons (Fsp3) is 0.364. The molecule has 2 N–H and O–H groups in total. The predicted molar refractivity (Wildman–Crippen MR) is 122 cm³/mol. The summed E-state index contributed by atoms with van der Waals surface area (Å²) >= 11 is 6.13. The van der Waals surface area contributed by atoms with E-state index in [9.17, 15) is 26.4 Å². The van der Waals surface area contributed by atoms with Crippen LogP contribution in [0.4, 0.5) is 19.0 Å². The maximum absolute atomic E-state index is 13.0. The number of alkyl halides is 3. The van der Waals surface area contributed by atoms with Gasteiger partial charge in [-0.05, 0) is 56.0 Å². The van der Waals surface area contributed by atoms with E-state index in [0.29, 0.717) is 31.5 Å². The third-order valence-corrected chi connectivity index (χ3v) is 7.23. The van der Waals surface area contributed by atoms with Crippen molar-refractivity contribution >= 4 is 38.8 Å². The van der Waals surface area contributed by atoms with Gasteiger partial charge in [0.15, 0.2) is 15.5 Å². The molecule has 0 bridgehead atoms. The highest BCUT2D eigenvalue weighted by atomic mass is 35.5. The van der Waals surface area contributed by atoms with Crippen LogP contribution in [0, 0.1) is 0 Å². The van der Waals surface area contributed by atoms with Crippen molar-refractivity contribution in [1.29, 1.82) is 0 Å². The minimum atomic E-state index is -4.52. The van der Waals surface area contributed by atoms with Gasteiger partial charge in [-0.25, -0.2) is 13.4 Å². The minimum Gasteiger partial charge on any atom is -0.368 e. The summed E-state index contributed by atoms with van der Waals surface area (Å²) in [4.78, 5) is 16.3. The van der Waals surface area contributed by atoms with Crippen molar-refractivity contribution in [1.82, 2.24) is 14.7 Å². The van der Waals surface area contributed by atoms with E-state index < -0.39 is 21.7 Å². The van der Waals surface area contributed by atoms with Gasteiger partial charge in [-0.3, -0.25) is 9.20 Å². The van der Waals surface area contributed by atoms with Crippen LogP contribution in [-0.2, 0) is 16.0 Å². The number of hydrogen-bond donors (Lipinski definition) is 2. The standard InChI is InChI=1S/C22H22ClF3N4O3S/c1-34(32,33)15-9-10-16(17(23)11-15)21(31)28-14-7-5-13(6-8-14)27-19-3-2-4-20-29-18(12-30(19)20)22(24,25)26/h2-4,9-14,27H,5-8H2,1H3,(H,28,31). The van der Waals surface area contributed by atoms with Gasteiger partial charge in [0.05, 0.1) is 15.5 Å². The van der Waals surface area contributed by atoms with Crippen LogP contribution in [0.5, 0.6) is 0 Å². The topological polar surface area (TPSA) is 92.6 Å². The number of carbonyl (C=O) groups is 1. The van der Waals surface area contributed by atoms with Gasteiger partial charge in [0.2, 0.25) is 0 Å². The molecule has 0 aliphatic heterocycles. The second kappa shape index (κ2) is 9.10. The first-order valence-electron chi connectivity index (χ1n) is 10.5. The zero-order valence-electron chi connectivity index (χ0n) is 18.1. The molecule has 4 rings (SSSR count). The third-order valence-electron chi connectivity index (χ3n) is 5.81. The Morgan fingerprint density at radius 1 is 1.12 bits per heavy atom. The van der Waals surface area contributed by atoms with Crippen molar-refractivity contribution in [3.63, 3.8) is 0 Å². The minimum absolute atomic E-state index is 0.0214. The van der Waals surface area contributed by atoms with E-state index in [1.807, 2.05) is 0 Å². The van der Waals surface area contributed by atoms with Gasteiger partial charge >= 0.3 is 6.18 Å². The molecule has 0 radical (unpaired) electrons. The molecule has 1 amide bonds. The first-order chi connectivity index (χ1) is 15.9. The number of sulfone groups is 1. The second-order valence-electron chi connectivity index (χ2n) is 8.34. The molecule has 34 heavy (non-hydrogen) atoms. The van der Waals surface area contributed by atoms with Crippen LogP contribution in [0.25, 0.3) is 5.65 Å². The molecule has 1 aliphatic rings. The van der Waals surface area contributed by atoms with Gasteiger partial charge < -0.3 is 10.6 Å². The molecule has 7 nitrogen and oxygen atoms in total. The van der Waals surface area contributed by atoms with Crippen LogP contribution in [0.3, 0.4) is 0 Å². The summed E-state index contributed by atoms with van der Waals surface area (Å²) in [5.41, 5.74) is -0.546. The van der Waals surface area contributed by atoms with E-state index in [2.05, 4.69) is 15.6 Å². The Labute approximate surface area is 199 Å². The lowest BCUT2D eigenvalue weighted by molar-refractivity contribution is -0.140. The largest absolute Gasteiger partial charge is 0.434 e. The van der Waals surface area contributed by atoms with Crippen molar-refractivity contribution in [2.24, 2.45) is 0 Å². The lowest BCUT2D eigenvalue weighted by Crippen LogP contribution is -2.40. The van der Waals surface area contributed by atoms with E-state index in [4.69, 9.17) is 11.6 Å². The number of rotatable bonds is 5. The number of amides is 1. The number of nitrogens with one attached hydrogen (secondary N) is 2. The number of carbonyl (C=O) groups excluding carboxylic acids is 1. The number of benzene rings is 1.